The third-order valence-corrected chi connectivity index (χ3v) is 5.84. The van der Waals surface area contributed by atoms with E-state index in [1.807, 2.05) is 18.2 Å². The highest BCUT2D eigenvalue weighted by atomic mass is 32.2. The summed E-state index contributed by atoms with van der Waals surface area (Å²) in [6.45, 7) is 0.910. The van der Waals surface area contributed by atoms with Gasteiger partial charge in [0.2, 0.25) is 15.9 Å². The Balaban J connectivity index is 1.48. The normalized spacial score (nSPS) is 26.4. The highest BCUT2D eigenvalue weighted by molar-refractivity contribution is 7.88. The van der Waals surface area contributed by atoms with E-state index < -0.39 is 10.0 Å². The number of nitrogens with zero attached hydrogens (tertiary/aromatic N) is 2. The van der Waals surface area contributed by atoms with Crippen molar-refractivity contribution in [3.05, 3.63) is 30.1 Å². The summed E-state index contributed by atoms with van der Waals surface area (Å²) < 4.78 is 24.5. The number of pyridine rings is 1. The quantitative estimate of drug-likeness (QED) is 0.676. The highest BCUT2D eigenvalue weighted by Gasteiger charge is 2.33. The predicted molar refractivity (Wildman–Crippen MR) is 89.2 cm³/mol. The SMILES string of the molecule is CS(=O)(=O)N1CCC(NC(=O)C2CC(c3ccccn3)NN2)CC1. The van der Waals surface area contributed by atoms with E-state index in [9.17, 15) is 13.2 Å². The van der Waals surface area contributed by atoms with Crippen molar-refractivity contribution in [2.75, 3.05) is 19.3 Å². The van der Waals surface area contributed by atoms with Crippen molar-refractivity contribution >= 4 is 15.9 Å². The van der Waals surface area contributed by atoms with Gasteiger partial charge in [-0.2, -0.15) is 0 Å². The number of nitrogens with one attached hydrogen (secondary N) is 3. The van der Waals surface area contributed by atoms with E-state index in [2.05, 4.69) is 21.2 Å². The molecule has 9 heteroatoms. The van der Waals surface area contributed by atoms with Gasteiger partial charge in [0.1, 0.15) is 6.04 Å². The van der Waals surface area contributed by atoms with E-state index in [1.165, 1.54) is 10.6 Å². The van der Waals surface area contributed by atoms with Gasteiger partial charge in [0.25, 0.3) is 0 Å². The molecule has 1 aromatic heterocycles. The predicted octanol–water partition coefficient (Wildman–Crippen LogP) is -0.471. The Hall–Kier alpha value is -1.55. The van der Waals surface area contributed by atoms with Crippen molar-refractivity contribution in [3.63, 3.8) is 0 Å². The van der Waals surface area contributed by atoms with Crippen molar-refractivity contribution in [1.82, 2.24) is 25.5 Å². The number of sulfonamides is 1. The summed E-state index contributed by atoms with van der Waals surface area (Å²) in [5.74, 6) is -0.0567. The minimum atomic E-state index is -3.14. The molecule has 2 atom stereocenters. The molecule has 1 aromatic rings. The first kappa shape index (κ1) is 17.3. The fourth-order valence-electron chi connectivity index (χ4n) is 3.14. The third-order valence-electron chi connectivity index (χ3n) is 4.53. The van der Waals surface area contributed by atoms with Gasteiger partial charge >= 0.3 is 0 Å². The number of hydrogen-bond acceptors (Lipinski definition) is 6. The molecule has 0 aromatic carbocycles. The molecule has 0 radical (unpaired) electrons. The second-order valence-electron chi connectivity index (χ2n) is 6.33. The van der Waals surface area contributed by atoms with Crippen LogP contribution < -0.4 is 16.2 Å². The summed E-state index contributed by atoms with van der Waals surface area (Å²) in [7, 11) is -3.14. The van der Waals surface area contributed by atoms with Gasteiger partial charge in [-0.15, -0.1) is 0 Å². The smallest absolute Gasteiger partial charge is 0.238 e. The van der Waals surface area contributed by atoms with Crippen molar-refractivity contribution < 1.29 is 13.2 Å². The maximum Gasteiger partial charge on any atom is 0.238 e. The zero-order valence-electron chi connectivity index (χ0n) is 13.6. The Kier molecular flexibility index (Phi) is 5.14. The largest absolute Gasteiger partial charge is 0.352 e. The number of aromatic nitrogens is 1. The molecule has 3 rings (SSSR count). The Morgan fingerprint density at radius 3 is 2.67 bits per heavy atom. The summed E-state index contributed by atoms with van der Waals surface area (Å²) in [5, 5.41) is 3.02. The average Bonchev–Trinajstić information content (AvgIpc) is 3.05. The van der Waals surface area contributed by atoms with Gasteiger partial charge in [0, 0.05) is 25.3 Å². The lowest BCUT2D eigenvalue weighted by Gasteiger charge is -2.31. The molecule has 3 N–H and O–H groups in total. The van der Waals surface area contributed by atoms with Crippen LogP contribution in [-0.4, -0.2) is 55.0 Å². The van der Waals surface area contributed by atoms with Gasteiger partial charge in [0.15, 0.2) is 0 Å². The number of hydrogen-bond donors (Lipinski definition) is 3. The van der Waals surface area contributed by atoms with Gasteiger partial charge < -0.3 is 5.32 Å². The maximum atomic E-state index is 12.4. The molecule has 2 saturated heterocycles. The summed E-state index contributed by atoms with van der Waals surface area (Å²) in [4.78, 5) is 16.7. The second-order valence-corrected chi connectivity index (χ2v) is 8.31. The number of hydrazine groups is 1. The zero-order valence-corrected chi connectivity index (χ0v) is 14.4. The molecule has 2 unspecified atom stereocenters. The van der Waals surface area contributed by atoms with Gasteiger partial charge in [-0.1, -0.05) is 6.07 Å². The first-order valence-corrected chi connectivity index (χ1v) is 9.96. The monoisotopic (exact) mass is 353 g/mol. The molecular weight excluding hydrogens is 330 g/mol. The first-order valence-electron chi connectivity index (χ1n) is 8.11. The minimum Gasteiger partial charge on any atom is -0.352 e. The number of amides is 1. The van der Waals surface area contributed by atoms with E-state index in [-0.39, 0.29) is 24.0 Å². The zero-order chi connectivity index (χ0) is 17.2. The average molecular weight is 353 g/mol. The molecular formula is C15H23N5O3S. The summed E-state index contributed by atoms with van der Waals surface area (Å²) in [6.07, 6.45) is 4.87. The molecule has 132 valence electrons. The molecule has 0 spiro atoms. The Morgan fingerprint density at radius 1 is 1.29 bits per heavy atom. The molecule has 2 aliphatic rings. The summed E-state index contributed by atoms with van der Waals surface area (Å²) in [5.41, 5.74) is 7.03. The lowest BCUT2D eigenvalue weighted by molar-refractivity contribution is -0.123. The van der Waals surface area contributed by atoms with Crippen molar-refractivity contribution in [3.8, 4) is 0 Å². The van der Waals surface area contributed by atoms with E-state index >= 15 is 0 Å². The molecule has 2 fully saturated rings. The van der Waals surface area contributed by atoms with E-state index in [4.69, 9.17) is 0 Å². The van der Waals surface area contributed by atoms with E-state index in [0.29, 0.717) is 32.4 Å². The number of piperidine rings is 1. The Bertz CT molecular complexity index is 674. The first-order chi connectivity index (χ1) is 11.4. The standard InChI is InChI=1S/C15H23N5O3S/c1-24(22,23)20-8-5-11(6-9-20)17-15(21)14-10-13(18-19-14)12-4-2-3-7-16-12/h2-4,7,11,13-14,18-19H,5-6,8-10H2,1H3,(H,17,21). The van der Waals surface area contributed by atoms with Gasteiger partial charge in [-0.05, 0) is 31.4 Å². The molecule has 0 aliphatic carbocycles. The van der Waals surface area contributed by atoms with Gasteiger partial charge in [-0.25, -0.2) is 23.6 Å². The second kappa shape index (κ2) is 7.14. The third kappa shape index (κ3) is 4.10. The fourth-order valence-corrected chi connectivity index (χ4v) is 4.01. The minimum absolute atomic E-state index is 0.00836. The highest BCUT2D eigenvalue weighted by Crippen LogP contribution is 2.20. The Morgan fingerprint density at radius 2 is 2.04 bits per heavy atom. The number of carbonyl (C=O) groups is 1. The lowest BCUT2D eigenvalue weighted by Crippen LogP contribution is -2.51. The van der Waals surface area contributed by atoms with Crippen LogP contribution in [-0.2, 0) is 14.8 Å². The van der Waals surface area contributed by atoms with Crippen LogP contribution in [0, 0.1) is 0 Å². The summed E-state index contributed by atoms with van der Waals surface area (Å²) in [6, 6.07) is 5.43. The number of carbonyl (C=O) groups excluding carboxylic acids is 1. The Labute approximate surface area is 142 Å². The van der Waals surface area contributed by atoms with Crippen LogP contribution in [0.1, 0.15) is 31.0 Å². The summed E-state index contributed by atoms with van der Waals surface area (Å²) >= 11 is 0. The van der Waals surface area contributed by atoms with Crippen LogP contribution in [0.2, 0.25) is 0 Å². The van der Waals surface area contributed by atoms with Crippen molar-refractivity contribution in [2.24, 2.45) is 0 Å². The van der Waals surface area contributed by atoms with Crippen LogP contribution in [0.4, 0.5) is 0 Å². The molecule has 0 saturated carbocycles. The van der Waals surface area contributed by atoms with Crippen LogP contribution in [0.15, 0.2) is 24.4 Å². The van der Waals surface area contributed by atoms with E-state index in [1.54, 1.807) is 6.20 Å². The van der Waals surface area contributed by atoms with Crippen molar-refractivity contribution in [1.29, 1.82) is 0 Å². The number of rotatable bonds is 4. The van der Waals surface area contributed by atoms with E-state index in [0.717, 1.165) is 5.69 Å². The molecule has 0 bridgehead atoms. The van der Waals surface area contributed by atoms with Crippen molar-refractivity contribution in [2.45, 2.75) is 37.4 Å². The van der Waals surface area contributed by atoms with Crippen LogP contribution in [0.3, 0.4) is 0 Å². The van der Waals surface area contributed by atoms with Crippen LogP contribution >= 0.6 is 0 Å². The molecule has 24 heavy (non-hydrogen) atoms. The molecule has 2 aliphatic heterocycles. The van der Waals surface area contributed by atoms with Crippen LogP contribution in [0.5, 0.6) is 0 Å². The maximum absolute atomic E-state index is 12.4. The van der Waals surface area contributed by atoms with Gasteiger partial charge in [0.05, 0.1) is 18.0 Å². The fraction of sp³-hybridized carbons (Fsp3) is 0.600. The van der Waals surface area contributed by atoms with Crippen LogP contribution in [0.25, 0.3) is 0 Å². The van der Waals surface area contributed by atoms with Gasteiger partial charge in [-0.3, -0.25) is 9.78 Å². The lowest BCUT2D eigenvalue weighted by atomic mass is 10.0. The molecule has 1 amide bonds. The molecule has 3 heterocycles. The topological polar surface area (TPSA) is 103 Å². The molecule has 8 nitrogen and oxygen atoms in total.